The SMILES string of the molecule is CCC[C@H]1CC[C@H]([C@H]2CC[C@@H]([C@H]3OC[C@@](C#N)(CCC)CO3)CC2)CC1. The summed E-state index contributed by atoms with van der Waals surface area (Å²) in [5.74, 6) is 3.48. The molecule has 0 spiro atoms. The molecule has 0 aromatic heterocycles. The minimum atomic E-state index is -0.403. The predicted molar refractivity (Wildman–Crippen MR) is 104 cm³/mol. The number of rotatable bonds is 6. The van der Waals surface area contributed by atoms with Crippen molar-refractivity contribution >= 4 is 0 Å². The van der Waals surface area contributed by atoms with Gasteiger partial charge in [0.25, 0.3) is 0 Å². The third kappa shape index (κ3) is 4.82. The van der Waals surface area contributed by atoms with Crippen molar-refractivity contribution in [1.82, 2.24) is 0 Å². The number of hydrogen-bond donors (Lipinski definition) is 0. The topological polar surface area (TPSA) is 42.2 Å². The number of ether oxygens (including phenoxy) is 2. The largest absolute Gasteiger partial charge is 0.351 e. The lowest BCUT2D eigenvalue weighted by molar-refractivity contribution is -0.244. The molecule has 0 radical (unpaired) electrons. The second-order valence-corrected chi connectivity index (χ2v) is 9.38. The summed E-state index contributed by atoms with van der Waals surface area (Å²) in [6.45, 7) is 5.57. The predicted octanol–water partition coefficient (Wildman–Crippen LogP) is 6.08. The third-order valence-electron chi connectivity index (χ3n) is 7.47. The maximum absolute atomic E-state index is 9.49. The summed E-state index contributed by atoms with van der Waals surface area (Å²) in [7, 11) is 0. The van der Waals surface area contributed by atoms with E-state index >= 15 is 0 Å². The molecule has 0 atom stereocenters. The van der Waals surface area contributed by atoms with Gasteiger partial charge in [-0.05, 0) is 62.7 Å². The molecule has 148 valence electrons. The molecule has 1 saturated heterocycles. The van der Waals surface area contributed by atoms with Gasteiger partial charge in [-0.1, -0.05) is 46.0 Å². The van der Waals surface area contributed by atoms with Crippen molar-refractivity contribution in [1.29, 1.82) is 5.26 Å². The highest BCUT2D eigenvalue weighted by Gasteiger charge is 2.40. The van der Waals surface area contributed by atoms with Gasteiger partial charge in [-0.3, -0.25) is 0 Å². The van der Waals surface area contributed by atoms with Gasteiger partial charge in [0.1, 0.15) is 5.41 Å². The molecular formula is C23H39NO2. The van der Waals surface area contributed by atoms with Crippen molar-refractivity contribution in [3.8, 4) is 6.07 Å². The van der Waals surface area contributed by atoms with Crippen molar-refractivity contribution in [2.24, 2.45) is 29.1 Å². The Morgan fingerprint density at radius 1 is 0.808 bits per heavy atom. The first-order valence-corrected chi connectivity index (χ1v) is 11.3. The van der Waals surface area contributed by atoms with Crippen LogP contribution in [0.4, 0.5) is 0 Å². The fourth-order valence-corrected chi connectivity index (χ4v) is 5.83. The molecule has 3 nitrogen and oxygen atoms in total. The van der Waals surface area contributed by atoms with Gasteiger partial charge in [-0.15, -0.1) is 0 Å². The molecule has 2 aliphatic carbocycles. The van der Waals surface area contributed by atoms with E-state index in [4.69, 9.17) is 9.47 Å². The van der Waals surface area contributed by atoms with E-state index in [9.17, 15) is 5.26 Å². The third-order valence-corrected chi connectivity index (χ3v) is 7.47. The number of nitrogens with zero attached hydrogens (tertiary/aromatic N) is 1. The standard InChI is InChI=1S/C23H39NO2/c1-3-5-18-6-8-19(9-7-18)20-10-12-21(13-11-20)22-25-16-23(15-24,14-4-2)17-26-22/h18-22H,3-14,16-17H2,1-2H3/t18-,19-,20-,21+,22-,23-. The van der Waals surface area contributed by atoms with E-state index in [1.807, 2.05) is 0 Å². The van der Waals surface area contributed by atoms with Crippen molar-refractivity contribution in [2.45, 2.75) is 97.2 Å². The van der Waals surface area contributed by atoms with Crippen molar-refractivity contribution in [3.63, 3.8) is 0 Å². The minimum absolute atomic E-state index is 0.0606. The molecule has 0 N–H and O–H groups in total. The van der Waals surface area contributed by atoms with Gasteiger partial charge in [0.2, 0.25) is 0 Å². The lowest BCUT2D eigenvalue weighted by Crippen LogP contribution is -2.44. The fourth-order valence-electron chi connectivity index (χ4n) is 5.83. The Morgan fingerprint density at radius 3 is 1.85 bits per heavy atom. The van der Waals surface area contributed by atoms with Crippen LogP contribution < -0.4 is 0 Å². The second-order valence-electron chi connectivity index (χ2n) is 9.38. The summed E-state index contributed by atoms with van der Waals surface area (Å²) in [6, 6.07) is 2.45. The van der Waals surface area contributed by atoms with Crippen LogP contribution in [0, 0.1) is 40.4 Å². The zero-order valence-corrected chi connectivity index (χ0v) is 17.0. The Labute approximate surface area is 160 Å². The lowest BCUT2D eigenvalue weighted by atomic mass is 9.68. The van der Waals surface area contributed by atoms with Gasteiger partial charge in [0, 0.05) is 5.92 Å². The van der Waals surface area contributed by atoms with Crippen LogP contribution in [0.1, 0.15) is 90.9 Å². The molecule has 26 heavy (non-hydrogen) atoms. The first kappa shape index (κ1) is 20.2. The first-order valence-electron chi connectivity index (χ1n) is 11.3. The highest BCUT2D eigenvalue weighted by Crippen LogP contribution is 2.44. The molecule has 3 aliphatic rings. The molecule has 3 rings (SSSR count). The van der Waals surface area contributed by atoms with Crippen molar-refractivity contribution in [2.75, 3.05) is 13.2 Å². The Balaban J connectivity index is 1.40. The van der Waals surface area contributed by atoms with E-state index in [0.29, 0.717) is 19.1 Å². The molecule has 3 heteroatoms. The zero-order chi connectivity index (χ0) is 18.4. The van der Waals surface area contributed by atoms with E-state index in [-0.39, 0.29) is 6.29 Å². The summed E-state index contributed by atoms with van der Waals surface area (Å²) in [5, 5.41) is 9.49. The van der Waals surface area contributed by atoms with E-state index in [2.05, 4.69) is 19.9 Å². The maximum atomic E-state index is 9.49. The van der Waals surface area contributed by atoms with E-state index in [1.165, 1.54) is 64.2 Å². The Kier molecular flexibility index (Phi) is 7.41. The van der Waals surface area contributed by atoms with Crippen LogP contribution in [0.3, 0.4) is 0 Å². The van der Waals surface area contributed by atoms with Gasteiger partial charge in [0.05, 0.1) is 19.3 Å². The summed E-state index contributed by atoms with van der Waals surface area (Å²) in [5.41, 5.74) is -0.403. The molecule has 1 heterocycles. The Morgan fingerprint density at radius 2 is 1.35 bits per heavy atom. The van der Waals surface area contributed by atoms with Crippen molar-refractivity contribution < 1.29 is 9.47 Å². The Bertz CT molecular complexity index is 447. The van der Waals surface area contributed by atoms with Gasteiger partial charge in [-0.25, -0.2) is 0 Å². The van der Waals surface area contributed by atoms with Crippen LogP contribution in [-0.2, 0) is 9.47 Å². The first-order chi connectivity index (χ1) is 12.7. The van der Waals surface area contributed by atoms with E-state index in [1.54, 1.807) is 0 Å². The number of nitriles is 1. The van der Waals surface area contributed by atoms with Crippen LogP contribution >= 0.6 is 0 Å². The molecule has 0 amide bonds. The maximum Gasteiger partial charge on any atom is 0.160 e. The smallest absolute Gasteiger partial charge is 0.160 e. The second kappa shape index (κ2) is 9.56. The van der Waals surface area contributed by atoms with Crippen LogP contribution in [-0.4, -0.2) is 19.5 Å². The van der Waals surface area contributed by atoms with E-state index < -0.39 is 5.41 Å². The van der Waals surface area contributed by atoms with Crippen LogP contribution in [0.15, 0.2) is 0 Å². The molecule has 0 aromatic rings. The molecule has 3 fully saturated rings. The minimum Gasteiger partial charge on any atom is -0.351 e. The molecular weight excluding hydrogens is 322 g/mol. The highest BCUT2D eigenvalue weighted by atomic mass is 16.7. The van der Waals surface area contributed by atoms with Gasteiger partial charge < -0.3 is 9.47 Å². The summed E-state index contributed by atoms with van der Waals surface area (Å²) < 4.78 is 12.1. The van der Waals surface area contributed by atoms with Gasteiger partial charge in [-0.2, -0.15) is 5.26 Å². The number of hydrogen-bond acceptors (Lipinski definition) is 3. The monoisotopic (exact) mass is 361 g/mol. The van der Waals surface area contributed by atoms with Gasteiger partial charge >= 0.3 is 0 Å². The van der Waals surface area contributed by atoms with Crippen LogP contribution in [0.2, 0.25) is 0 Å². The lowest BCUT2D eigenvalue weighted by Gasteiger charge is -2.42. The summed E-state index contributed by atoms with van der Waals surface area (Å²) in [4.78, 5) is 0. The van der Waals surface area contributed by atoms with Crippen molar-refractivity contribution in [3.05, 3.63) is 0 Å². The normalized spacial score (nSPS) is 41.5. The van der Waals surface area contributed by atoms with Crippen LogP contribution in [0.5, 0.6) is 0 Å². The molecule has 2 saturated carbocycles. The zero-order valence-electron chi connectivity index (χ0n) is 17.0. The summed E-state index contributed by atoms with van der Waals surface area (Å²) >= 11 is 0. The fraction of sp³-hybridized carbons (Fsp3) is 0.957. The average Bonchev–Trinajstić information content (AvgIpc) is 2.70. The molecule has 0 bridgehead atoms. The molecule has 0 unspecified atom stereocenters. The molecule has 0 aromatic carbocycles. The van der Waals surface area contributed by atoms with Gasteiger partial charge in [0.15, 0.2) is 6.29 Å². The summed E-state index contributed by atoms with van der Waals surface area (Å²) in [6.07, 6.45) is 15.7. The van der Waals surface area contributed by atoms with Crippen LogP contribution in [0.25, 0.3) is 0 Å². The quantitative estimate of drug-likeness (QED) is 0.575. The highest BCUT2D eigenvalue weighted by molar-refractivity contribution is 5.00. The average molecular weight is 362 g/mol. The molecule has 1 aliphatic heterocycles. The Hall–Kier alpha value is -0.590. The van der Waals surface area contributed by atoms with E-state index in [0.717, 1.165) is 30.6 Å².